The van der Waals surface area contributed by atoms with Gasteiger partial charge in [-0.1, -0.05) is 25.1 Å². The quantitative estimate of drug-likeness (QED) is 0.479. The van der Waals surface area contributed by atoms with Gasteiger partial charge in [-0.3, -0.25) is 4.99 Å². The highest BCUT2D eigenvalue weighted by Gasteiger charge is 2.04. The first-order valence-electron chi connectivity index (χ1n) is 5.92. The van der Waals surface area contributed by atoms with E-state index in [2.05, 4.69) is 53.7 Å². The predicted molar refractivity (Wildman–Crippen MR) is 76.8 cm³/mol. The minimum atomic E-state index is 0.507. The molecule has 0 aliphatic rings. The molecule has 0 aromatic heterocycles. The van der Waals surface area contributed by atoms with Crippen molar-refractivity contribution in [1.82, 2.24) is 10.6 Å². The van der Waals surface area contributed by atoms with Gasteiger partial charge in [-0.15, -0.1) is 11.8 Å². The Morgan fingerprint density at radius 1 is 1.29 bits per heavy atom. The van der Waals surface area contributed by atoms with Gasteiger partial charge in [-0.05, 0) is 19.1 Å². The minimum Gasteiger partial charge on any atom is -0.357 e. The number of benzene rings is 1. The van der Waals surface area contributed by atoms with Crippen LogP contribution in [0.4, 0.5) is 0 Å². The first-order chi connectivity index (χ1) is 8.26. The lowest BCUT2D eigenvalue weighted by molar-refractivity contribution is 0.804. The van der Waals surface area contributed by atoms with Crippen molar-refractivity contribution in [3.8, 4) is 0 Å². The standard InChI is InChI=1S/C13H21N3S/c1-4-15-13(14-3)16-10-11(2)17-12-8-6-5-7-9-12/h5-9,11H,4,10H2,1-3H3,(H2,14,15,16). The Kier molecular flexibility index (Phi) is 6.55. The summed E-state index contributed by atoms with van der Waals surface area (Å²) in [4.78, 5) is 5.45. The second-order valence-corrected chi connectivity index (χ2v) is 5.24. The molecule has 3 nitrogen and oxygen atoms in total. The number of thioether (sulfide) groups is 1. The van der Waals surface area contributed by atoms with Gasteiger partial charge in [-0.2, -0.15) is 0 Å². The maximum absolute atomic E-state index is 4.14. The minimum absolute atomic E-state index is 0.507. The SMILES string of the molecule is CCNC(=NC)NCC(C)Sc1ccccc1. The van der Waals surface area contributed by atoms with Crippen molar-refractivity contribution in [2.75, 3.05) is 20.1 Å². The zero-order chi connectivity index (χ0) is 12.5. The molecule has 0 saturated heterocycles. The van der Waals surface area contributed by atoms with Gasteiger partial charge in [0.2, 0.25) is 0 Å². The molecule has 4 heteroatoms. The van der Waals surface area contributed by atoms with Crippen LogP contribution in [-0.4, -0.2) is 31.3 Å². The molecule has 1 aromatic rings. The van der Waals surface area contributed by atoms with Gasteiger partial charge in [0.1, 0.15) is 0 Å². The van der Waals surface area contributed by atoms with Gasteiger partial charge in [0, 0.05) is 30.3 Å². The van der Waals surface area contributed by atoms with E-state index in [4.69, 9.17) is 0 Å². The Morgan fingerprint density at radius 2 is 2.00 bits per heavy atom. The van der Waals surface area contributed by atoms with Crippen LogP contribution in [0.25, 0.3) is 0 Å². The van der Waals surface area contributed by atoms with Crippen LogP contribution in [-0.2, 0) is 0 Å². The summed E-state index contributed by atoms with van der Waals surface area (Å²) < 4.78 is 0. The highest BCUT2D eigenvalue weighted by molar-refractivity contribution is 8.00. The number of guanidine groups is 1. The largest absolute Gasteiger partial charge is 0.357 e. The van der Waals surface area contributed by atoms with E-state index in [1.54, 1.807) is 7.05 Å². The molecule has 0 bridgehead atoms. The summed E-state index contributed by atoms with van der Waals surface area (Å²) in [6.45, 7) is 6.07. The molecule has 94 valence electrons. The van der Waals surface area contributed by atoms with E-state index in [1.807, 2.05) is 17.8 Å². The molecule has 1 unspecified atom stereocenters. The van der Waals surface area contributed by atoms with Gasteiger partial charge >= 0.3 is 0 Å². The van der Waals surface area contributed by atoms with Crippen LogP contribution in [0.15, 0.2) is 40.2 Å². The Labute approximate surface area is 108 Å². The molecule has 0 fully saturated rings. The van der Waals surface area contributed by atoms with Crippen molar-refractivity contribution >= 4 is 17.7 Å². The number of rotatable bonds is 5. The van der Waals surface area contributed by atoms with E-state index in [0.717, 1.165) is 19.0 Å². The molecule has 0 amide bonds. The van der Waals surface area contributed by atoms with Crippen molar-refractivity contribution in [2.24, 2.45) is 4.99 Å². The third kappa shape index (κ3) is 5.63. The lowest BCUT2D eigenvalue weighted by atomic mass is 10.4. The van der Waals surface area contributed by atoms with Crippen molar-refractivity contribution in [3.05, 3.63) is 30.3 Å². The van der Waals surface area contributed by atoms with E-state index >= 15 is 0 Å². The van der Waals surface area contributed by atoms with Gasteiger partial charge < -0.3 is 10.6 Å². The summed E-state index contributed by atoms with van der Waals surface area (Å²) >= 11 is 1.87. The average Bonchev–Trinajstić information content (AvgIpc) is 2.35. The maximum Gasteiger partial charge on any atom is 0.191 e. The highest BCUT2D eigenvalue weighted by Crippen LogP contribution is 2.21. The second-order valence-electron chi connectivity index (χ2n) is 3.72. The molecule has 0 radical (unpaired) electrons. The fraction of sp³-hybridized carbons (Fsp3) is 0.462. The lowest BCUT2D eigenvalue weighted by Gasteiger charge is -2.15. The van der Waals surface area contributed by atoms with E-state index in [-0.39, 0.29) is 0 Å². The summed E-state index contributed by atoms with van der Waals surface area (Å²) in [7, 11) is 1.79. The lowest BCUT2D eigenvalue weighted by Crippen LogP contribution is -2.39. The molecule has 0 aliphatic heterocycles. The average molecular weight is 251 g/mol. The van der Waals surface area contributed by atoms with Crippen molar-refractivity contribution in [1.29, 1.82) is 0 Å². The third-order valence-electron chi connectivity index (χ3n) is 2.21. The van der Waals surface area contributed by atoms with Crippen LogP contribution < -0.4 is 10.6 Å². The van der Waals surface area contributed by atoms with Crippen LogP contribution in [0.1, 0.15) is 13.8 Å². The molecule has 17 heavy (non-hydrogen) atoms. The smallest absolute Gasteiger partial charge is 0.191 e. The molecular formula is C13H21N3S. The highest BCUT2D eigenvalue weighted by atomic mass is 32.2. The molecule has 1 atom stereocenters. The normalized spacial score (nSPS) is 13.2. The summed E-state index contributed by atoms with van der Waals surface area (Å²) in [5.41, 5.74) is 0. The number of nitrogens with one attached hydrogen (secondary N) is 2. The third-order valence-corrected chi connectivity index (χ3v) is 3.32. The van der Waals surface area contributed by atoms with Crippen LogP contribution >= 0.6 is 11.8 Å². The zero-order valence-corrected chi connectivity index (χ0v) is 11.6. The zero-order valence-electron chi connectivity index (χ0n) is 10.7. The summed E-state index contributed by atoms with van der Waals surface area (Å²) in [5, 5.41) is 7.00. The Morgan fingerprint density at radius 3 is 2.59 bits per heavy atom. The summed E-state index contributed by atoms with van der Waals surface area (Å²) in [6.07, 6.45) is 0. The molecule has 1 rings (SSSR count). The molecule has 0 saturated carbocycles. The molecular weight excluding hydrogens is 230 g/mol. The first kappa shape index (κ1) is 13.9. The number of hydrogen-bond donors (Lipinski definition) is 2. The predicted octanol–water partition coefficient (Wildman–Crippen LogP) is 2.35. The first-order valence-corrected chi connectivity index (χ1v) is 6.80. The Bertz CT molecular complexity index is 338. The Hall–Kier alpha value is -1.16. The van der Waals surface area contributed by atoms with Gasteiger partial charge in [-0.25, -0.2) is 0 Å². The van der Waals surface area contributed by atoms with Gasteiger partial charge in [0.15, 0.2) is 5.96 Å². The maximum atomic E-state index is 4.14. The molecule has 2 N–H and O–H groups in total. The number of hydrogen-bond acceptors (Lipinski definition) is 2. The Balaban J connectivity index is 2.32. The molecule has 0 spiro atoms. The number of aliphatic imine (C=N–C) groups is 1. The second kappa shape index (κ2) is 8.01. The van der Waals surface area contributed by atoms with Crippen LogP contribution in [0.5, 0.6) is 0 Å². The van der Waals surface area contributed by atoms with Crippen molar-refractivity contribution in [3.63, 3.8) is 0 Å². The van der Waals surface area contributed by atoms with Crippen LogP contribution in [0.2, 0.25) is 0 Å². The van der Waals surface area contributed by atoms with Gasteiger partial charge in [0.25, 0.3) is 0 Å². The van der Waals surface area contributed by atoms with Crippen LogP contribution in [0, 0.1) is 0 Å². The van der Waals surface area contributed by atoms with Crippen molar-refractivity contribution in [2.45, 2.75) is 24.0 Å². The van der Waals surface area contributed by atoms with E-state index in [0.29, 0.717) is 5.25 Å². The molecule has 0 heterocycles. The monoisotopic (exact) mass is 251 g/mol. The van der Waals surface area contributed by atoms with E-state index in [1.165, 1.54) is 4.90 Å². The van der Waals surface area contributed by atoms with E-state index in [9.17, 15) is 0 Å². The summed E-state index contributed by atoms with van der Waals surface area (Å²) in [5.74, 6) is 0.869. The van der Waals surface area contributed by atoms with Gasteiger partial charge in [0.05, 0.1) is 0 Å². The number of nitrogens with zero attached hydrogens (tertiary/aromatic N) is 1. The molecule has 0 aliphatic carbocycles. The summed E-state index contributed by atoms with van der Waals surface area (Å²) in [6, 6.07) is 10.5. The topological polar surface area (TPSA) is 36.4 Å². The fourth-order valence-electron chi connectivity index (χ4n) is 1.40. The van der Waals surface area contributed by atoms with E-state index < -0.39 is 0 Å². The molecule has 1 aromatic carbocycles. The van der Waals surface area contributed by atoms with Crippen molar-refractivity contribution < 1.29 is 0 Å². The van der Waals surface area contributed by atoms with Crippen LogP contribution in [0.3, 0.4) is 0 Å². The fourth-order valence-corrected chi connectivity index (χ4v) is 2.35.